The van der Waals surface area contributed by atoms with E-state index in [4.69, 9.17) is 10.7 Å². The van der Waals surface area contributed by atoms with Crippen LogP contribution >= 0.6 is 0 Å². The van der Waals surface area contributed by atoms with Crippen molar-refractivity contribution in [3.63, 3.8) is 0 Å². The Bertz CT molecular complexity index is 1160. The smallest absolute Gasteiger partial charge is 0.227 e. The summed E-state index contributed by atoms with van der Waals surface area (Å²) in [5.74, 6) is 1.16. The molecule has 0 bridgehead atoms. The minimum atomic E-state index is 0.556. The lowest BCUT2D eigenvalue weighted by molar-refractivity contribution is 0.762. The van der Waals surface area contributed by atoms with Crippen LogP contribution in [0.25, 0.3) is 5.70 Å². The Balaban J connectivity index is 1.60. The maximum Gasteiger partial charge on any atom is 0.227 e. The van der Waals surface area contributed by atoms with E-state index in [2.05, 4.69) is 54.4 Å². The van der Waals surface area contributed by atoms with Crippen LogP contribution in [0.5, 0.6) is 0 Å². The highest BCUT2D eigenvalue weighted by Crippen LogP contribution is 2.35. The minimum absolute atomic E-state index is 0.556. The highest BCUT2D eigenvalue weighted by molar-refractivity contribution is 6.11. The summed E-state index contributed by atoms with van der Waals surface area (Å²) in [5.41, 5.74) is 18.6. The number of hydrazine groups is 1. The summed E-state index contributed by atoms with van der Waals surface area (Å²) in [7, 11) is 0. The van der Waals surface area contributed by atoms with Crippen LogP contribution in [-0.4, -0.2) is 5.96 Å². The number of anilines is 3. The summed E-state index contributed by atoms with van der Waals surface area (Å²) in [6.07, 6.45) is 0.948. The zero-order chi connectivity index (χ0) is 21.8. The maximum absolute atomic E-state index is 5.85. The zero-order valence-electron chi connectivity index (χ0n) is 17.5. The molecule has 1 heterocycles. The quantitative estimate of drug-likeness (QED) is 0.340. The average molecular weight is 411 g/mol. The van der Waals surface area contributed by atoms with Gasteiger partial charge in [0.15, 0.2) is 0 Å². The molecule has 0 spiro atoms. The summed E-state index contributed by atoms with van der Waals surface area (Å²) in [4.78, 5) is 6.82. The number of nitrogen functional groups attached to an aromatic ring is 1. The molecule has 0 amide bonds. The molecule has 0 unspecified atom stereocenters. The third-order valence-corrected chi connectivity index (χ3v) is 5.01. The number of rotatable bonds is 6. The van der Waals surface area contributed by atoms with Gasteiger partial charge in [-0.15, -0.1) is 0 Å². The van der Waals surface area contributed by atoms with E-state index in [0.717, 1.165) is 34.7 Å². The first-order chi connectivity index (χ1) is 15.0. The fourth-order valence-corrected chi connectivity index (χ4v) is 3.46. The van der Waals surface area contributed by atoms with Crippen LogP contribution in [0.4, 0.5) is 22.7 Å². The molecule has 0 saturated carbocycles. The number of aliphatic imine (C=N–C) groups is 1. The summed E-state index contributed by atoms with van der Waals surface area (Å²) in [6.45, 7) is 10.5. The Morgan fingerprint density at radius 2 is 1.84 bits per heavy atom. The van der Waals surface area contributed by atoms with E-state index >= 15 is 0 Å². The normalized spacial score (nSPS) is 12.6. The molecule has 1 aliphatic rings. The van der Waals surface area contributed by atoms with Gasteiger partial charge >= 0.3 is 0 Å². The molecule has 0 atom stereocenters. The second-order valence-corrected chi connectivity index (χ2v) is 7.24. The topological polar surface area (TPSA) is 77.7 Å². The lowest BCUT2D eigenvalue weighted by atomic mass is 10.1. The van der Waals surface area contributed by atoms with Crippen molar-refractivity contribution in [3.05, 3.63) is 103 Å². The number of hydrogen-bond acceptors (Lipinski definition) is 6. The number of para-hydroxylation sites is 1. The molecule has 5 N–H and O–H groups in total. The van der Waals surface area contributed by atoms with E-state index in [-0.39, 0.29) is 0 Å². The van der Waals surface area contributed by atoms with Gasteiger partial charge < -0.3 is 11.1 Å². The monoisotopic (exact) mass is 410 g/mol. The van der Waals surface area contributed by atoms with Crippen molar-refractivity contribution in [1.29, 1.82) is 0 Å². The van der Waals surface area contributed by atoms with E-state index in [1.807, 2.05) is 59.5 Å². The number of nitrogens with two attached hydrogens (primary N) is 1. The van der Waals surface area contributed by atoms with Crippen LogP contribution in [0.1, 0.15) is 18.1 Å². The van der Waals surface area contributed by atoms with Crippen molar-refractivity contribution in [2.75, 3.05) is 16.0 Å². The van der Waals surface area contributed by atoms with Crippen molar-refractivity contribution in [1.82, 2.24) is 10.9 Å². The largest absolute Gasteiger partial charge is 0.399 e. The van der Waals surface area contributed by atoms with Gasteiger partial charge in [0.25, 0.3) is 0 Å². The highest BCUT2D eigenvalue weighted by atomic mass is 15.5. The number of aryl methyl sites for hydroxylation is 1. The van der Waals surface area contributed by atoms with Crippen molar-refractivity contribution in [2.24, 2.45) is 4.99 Å². The Labute approximate surface area is 182 Å². The summed E-state index contributed by atoms with van der Waals surface area (Å²) >= 11 is 0. The Morgan fingerprint density at radius 3 is 2.65 bits per heavy atom. The van der Waals surface area contributed by atoms with Gasteiger partial charge in [0.2, 0.25) is 5.96 Å². The third kappa shape index (κ3) is 4.38. The number of benzene rings is 3. The summed E-state index contributed by atoms with van der Waals surface area (Å²) in [5, 5.41) is 3.18. The van der Waals surface area contributed by atoms with Gasteiger partial charge in [-0.1, -0.05) is 56.5 Å². The molecule has 3 aromatic carbocycles. The molecule has 0 saturated heterocycles. The van der Waals surface area contributed by atoms with Gasteiger partial charge in [-0.3, -0.25) is 15.8 Å². The van der Waals surface area contributed by atoms with Gasteiger partial charge in [-0.05, 0) is 48.4 Å². The molecule has 156 valence electrons. The predicted molar refractivity (Wildman–Crippen MR) is 131 cm³/mol. The van der Waals surface area contributed by atoms with Crippen LogP contribution < -0.4 is 26.8 Å². The van der Waals surface area contributed by atoms with E-state index in [9.17, 15) is 0 Å². The van der Waals surface area contributed by atoms with Gasteiger partial charge in [-0.2, -0.15) is 0 Å². The lowest BCUT2D eigenvalue weighted by Gasteiger charge is -2.33. The average Bonchev–Trinajstić information content (AvgIpc) is 2.78. The molecule has 6 heteroatoms. The second-order valence-electron chi connectivity index (χ2n) is 7.24. The third-order valence-electron chi connectivity index (χ3n) is 5.01. The van der Waals surface area contributed by atoms with Crippen LogP contribution in [0.2, 0.25) is 0 Å². The van der Waals surface area contributed by atoms with Gasteiger partial charge in [0.05, 0.1) is 11.4 Å². The van der Waals surface area contributed by atoms with Crippen LogP contribution in [0, 0.1) is 0 Å². The van der Waals surface area contributed by atoms with Crippen molar-refractivity contribution in [2.45, 2.75) is 13.3 Å². The van der Waals surface area contributed by atoms with Gasteiger partial charge in [-0.25, -0.2) is 4.99 Å². The molecular formula is C25H26N6. The van der Waals surface area contributed by atoms with Crippen molar-refractivity contribution in [3.8, 4) is 0 Å². The van der Waals surface area contributed by atoms with E-state index in [1.165, 1.54) is 5.56 Å². The van der Waals surface area contributed by atoms with Crippen LogP contribution in [-0.2, 0) is 6.42 Å². The van der Waals surface area contributed by atoms with Crippen LogP contribution in [0.15, 0.2) is 96.8 Å². The molecule has 6 nitrogen and oxygen atoms in total. The first kappa shape index (κ1) is 20.1. The minimum Gasteiger partial charge on any atom is -0.399 e. The number of nitrogens with zero attached hydrogens (tertiary/aromatic N) is 2. The first-order valence-corrected chi connectivity index (χ1v) is 10.1. The summed E-state index contributed by atoms with van der Waals surface area (Å²) < 4.78 is 0. The van der Waals surface area contributed by atoms with Crippen molar-refractivity contribution < 1.29 is 0 Å². The zero-order valence-corrected chi connectivity index (χ0v) is 17.5. The number of guanidine groups is 1. The summed E-state index contributed by atoms with van der Waals surface area (Å²) in [6, 6.07) is 23.8. The lowest BCUT2D eigenvalue weighted by Crippen LogP contribution is -2.48. The fraction of sp³-hybridized carbons (Fsp3) is 0.0800. The second kappa shape index (κ2) is 8.67. The number of hydrogen-bond donors (Lipinski definition) is 4. The SMILES string of the molecule is C=C(NNC1=Nc2ccccc2C(=C)N1c1cccc(CC)c1)Nc1cccc(N)c1. The fourth-order valence-electron chi connectivity index (χ4n) is 3.46. The molecule has 3 aromatic rings. The van der Waals surface area contributed by atoms with Crippen molar-refractivity contribution >= 4 is 34.4 Å². The molecule has 0 aliphatic carbocycles. The maximum atomic E-state index is 5.85. The molecular weight excluding hydrogens is 384 g/mol. The molecule has 0 aromatic heterocycles. The molecule has 31 heavy (non-hydrogen) atoms. The number of nitrogens with one attached hydrogen (secondary N) is 3. The molecule has 0 radical (unpaired) electrons. The Morgan fingerprint density at radius 1 is 1.03 bits per heavy atom. The van der Waals surface area contributed by atoms with E-state index < -0.39 is 0 Å². The van der Waals surface area contributed by atoms with E-state index in [0.29, 0.717) is 17.5 Å². The molecule has 1 aliphatic heterocycles. The van der Waals surface area contributed by atoms with Gasteiger partial charge in [0, 0.05) is 22.6 Å². The van der Waals surface area contributed by atoms with Crippen LogP contribution in [0.3, 0.4) is 0 Å². The molecule has 4 rings (SSSR count). The highest BCUT2D eigenvalue weighted by Gasteiger charge is 2.25. The van der Waals surface area contributed by atoms with Gasteiger partial charge in [0.1, 0.15) is 5.82 Å². The first-order valence-electron chi connectivity index (χ1n) is 10.1. The standard InChI is InChI=1S/C25H26N6/c1-4-19-9-7-12-22(15-19)31-17(2)23-13-5-6-14-24(23)28-25(31)30-29-18(3)27-21-11-8-10-20(26)16-21/h5-16,27,29H,2-4,26H2,1H3,(H,28,30). The Kier molecular flexibility index (Phi) is 5.62. The number of fused-ring (bicyclic) bond motifs is 1. The Hall–Kier alpha value is -4.19. The van der Waals surface area contributed by atoms with E-state index in [1.54, 1.807) is 0 Å². The predicted octanol–water partition coefficient (Wildman–Crippen LogP) is 4.99. The molecule has 0 fully saturated rings.